The summed E-state index contributed by atoms with van der Waals surface area (Å²) in [7, 11) is 0. The number of nitrogens with zero attached hydrogens (tertiary/aromatic N) is 1. The van der Waals surface area contributed by atoms with Gasteiger partial charge in [0.2, 0.25) is 0 Å². The Morgan fingerprint density at radius 3 is 2.23 bits per heavy atom. The number of hydrogen-bond donors (Lipinski definition) is 0. The molecule has 0 aromatic carbocycles. The first-order valence-electron chi connectivity index (χ1n) is 5.26. The van der Waals surface area contributed by atoms with Crippen molar-refractivity contribution in [2.24, 2.45) is 0 Å². The van der Waals surface area contributed by atoms with E-state index in [1.165, 1.54) is 5.70 Å². The molecule has 1 rings (SSSR count). The number of rotatable bonds is 5. The molecule has 0 unspecified atom stereocenters. The molecule has 0 aromatic rings. The van der Waals surface area contributed by atoms with Gasteiger partial charge in [-0.2, -0.15) is 0 Å². The summed E-state index contributed by atoms with van der Waals surface area (Å²) < 4.78 is 0. The van der Waals surface area contributed by atoms with Gasteiger partial charge < -0.3 is 4.90 Å². The van der Waals surface area contributed by atoms with Crippen molar-refractivity contribution in [1.82, 2.24) is 4.90 Å². The van der Waals surface area contributed by atoms with Crippen molar-refractivity contribution >= 4 is 5.78 Å². The minimum Gasteiger partial charge on any atom is -0.375 e. The first-order valence-corrected chi connectivity index (χ1v) is 5.26. The highest BCUT2D eigenvalue weighted by Crippen LogP contribution is 2.19. The molecule has 2 nitrogen and oxygen atoms in total. The Morgan fingerprint density at radius 1 is 1.23 bits per heavy atom. The largest absolute Gasteiger partial charge is 0.375 e. The molecule has 0 saturated heterocycles. The molecule has 0 spiro atoms. The van der Waals surface area contributed by atoms with Crippen LogP contribution in [0, 0.1) is 0 Å². The Labute approximate surface area is 80.6 Å². The highest BCUT2D eigenvalue weighted by Gasteiger charge is 2.16. The lowest BCUT2D eigenvalue weighted by molar-refractivity contribution is -0.114. The molecule has 74 valence electrons. The van der Waals surface area contributed by atoms with E-state index in [4.69, 9.17) is 0 Å². The lowest BCUT2D eigenvalue weighted by atomic mass is 10.2. The van der Waals surface area contributed by atoms with Crippen LogP contribution in [0.2, 0.25) is 0 Å². The Bertz CT molecular complexity index is 202. The van der Waals surface area contributed by atoms with Crippen LogP contribution >= 0.6 is 0 Å². The summed E-state index contributed by atoms with van der Waals surface area (Å²) in [6.07, 6.45) is 5.82. The van der Waals surface area contributed by atoms with Gasteiger partial charge in [-0.3, -0.25) is 4.79 Å². The van der Waals surface area contributed by atoms with E-state index in [9.17, 15) is 4.79 Å². The van der Waals surface area contributed by atoms with E-state index in [-0.39, 0.29) is 0 Å². The number of hydrogen-bond acceptors (Lipinski definition) is 2. The fourth-order valence-corrected chi connectivity index (χ4v) is 1.77. The third-order valence-electron chi connectivity index (χ3n) is 2.35. The minimum absolute atomic E-state index is 0.298. The van der Waals surface area contributed by atoms with E-state index in [0.29, 0.717) is 5.78 Å². The van der Waals surface area contributed by atoms with Gasteiger partial charge >= 0.3 is 0 Å². The second kappa shape index (κ2) is 5.05. The van der Waals surface area contributed by atoms with Gasteiger partial charge in [0.1, 0.15) is 0 Å². The van der Waals surface area contributed by atoms with Gasteiger partial charge in [-0.25, -0.2) is 0 Å². The van der Waals surface area contributed by atoms with Crippen LogP contribution in [-0.4, -0.2) is 23.8 Å². The van der Waals surface area contributed by atoms with Crippen molar-refractivity contribution in [3.05, 3.63) is 11.8 Å². The van der Waals surface area contributed by atoms with Crippen LogP contribution in [0.5, 0.6) is 0 Å². The van der Waals surface area contributed by atoms with E-state index >= 15 is 0 Å². The molecule has 0 saturated carbocycles. The second-order valence-electron chi connectivity index (χ2n) is 3.59. The highest BCUT2D eigenvalue weighted by molar-refractivity contribution is 5.92. The van der Waals surface area contributed by atoms with Gasteiger partial charge in [0.05, 0.1) is 0 Å². The molecule has 0 amide bonds. The van der Waals surface area contributed by atoms with Crippen molar-refractivity contribution in [3.8, 4) is 0 Å². The van der Waals surface area contributed by atoms with Crippen molar-refractivity contribution < 1.29 is 4.79 Å². The molecule has 0 aliphatic heterocycles. The third-order valence-corrected chi connectivity index (χ3v) is 2.35. The molecule has 0 heterocycles. The lowest BCUT2D eigenvalue weighted by Gasteiger charge is -2.24. The summed E-state index contributed by atoms with van der Waals surface area (Å²) in [5, 5.41) is 0. The quantitative estimate of drug-likeness (QED) is 0.649. The van der Waals surface area contributed by atoms with E-state index in [1.807, 2.05) is 6.08 Å². The van der Waals surface area contributed by atoms with Gasteiger partial charge in [-0.05, 0) is 19.3 Å². The molecule has 13 heavy (non-hydrogen) atoms. The van der Waals surface area contributed by atoms with Crippen molar-refractivity contribution in [2.45, 2.75) is 39.5 Å². The molecule has 0 atom stereocenters. The van der Waals surface area contributed by atoms with Crippen LogP contribution in [0.1, 0.15) is 39.5 Å². The normalized spacial score (nSPS) is 16.2. The monoisotopic (exact) mass is 181 g/mol. The van der Waals surface area contributed by atoms with Gasteiger partial charge in [0, 0.05) is 31.3 Å². The van der Waals surface area contributed by atoms with E-state index < -0.39 is 0 Å². The Kier molecular flexibility index (Phi) is 4.00. The topological polar surface area (TPSA) is 20.3 Å². The van der Waals surface area contributed by atoms with Gasteiger partial charge in [-0.15, -0.1) is 0 Å². The smallest absolute Gasteiger partial charge is 0.157 e. The average Bonchev–Trinajstić information content (AvgIpc) is 2.51. The summed E-state index contributed by atoms with van der Waals surface area (Å²) in [6.45, 7) is 6.54. The van der Waals surface area contributed by atoms with Crippen molar-refractivity contribution in [3.63, 3.8) is 0 Å². The molecule has 0 N–H and O–H groups in total. The summed E-state index contributed by atoms with van der Waals surface area (Å²) in [5.41, 5.74) is 1.26. The van der Waals surface area contributed by atoms with Crippen LogP contribution < -0.4 is 0 Å². The van der Waals surface area contributed by atoms with Crippen LogP contribution in [0.3, 0.4) is 0 Å². The Balaban J connectivity index is 2.53. The zero-order chi connectivity index (χ0) is 9.68. The maximum absolute atomic E-state index is 11.1. The minimum atomic E-state index is 0.298. The predicted molar refractivity (Wildman–Crippen MR) is 54.5 cm³/mol. The highest BCUT2D eigenvalue weighted by atomic mass is 16.1. The van der Waals surface area contributed by atoms with Crippen molar-refractivity contribution in [2.75, 3.05) is 13.1 Å². The van der Waals surface area contributed by atoms with E-state index in [0.717, 1.165) is 38.8 Å². The maximum Gasteiger partial charge on any atom is 0.157 e. The number of carbonyl (C=O) groups is 1. The zero-order valence-corrected chi connectivity index (χ0v) is 8.68. The summed E-state index contributed by atoms with van der Waals surface area (Å²) in [4.78, 5) is 13.4. The third kappa shape index (κ3) is 2.87. The van der Waals surface area contributed by atoms with Gasteiger partial charge in [-0.1, -0.05) is 13.8 Å². The SMILES string of the molecule is CCCN(CCC)C1=CC(=O)CC1. The number of allylic oxidation sites excluding steroid dienone is 2. The molecular formula is C11H19NO. The van der Waals surface area contributed by atoms with Crippen molar-refractivity contribution in [1.29, 1.82) is 0 Å². The molecule has 1 aliphatic carbocycles. The van der Waals surface area contributed by atoms with Crippen LogP contribution in [0.15, 0.2) is 11.8 Å². The first-order chi connectivity index (χ1) is 6.27. The molecule has 1 aliphatic rings. The fraction of sp³-hybridized carbons (Fsp3) is 0.727. The van der Waals surface area contributed by atoms with Crippen LogP contribution in [0.4, 0.5) is 0 Å². The Morgan fingerprint density at radius 2 is 1.85 bits per heavy atom. The van der Waals surface area contributed by atoms with Gasteiger partial charge in [0.15, 0.2) is 5.78 Å². The number of ketones is 1. The maximum atomic E-state index is 11.1. The molecule has 0 aromatic heterocycles. The molecule has 0 radical (unpaired) electrons. The molecule has 0 fully saturated rings. The zero-order valence-electron chi connectivity index (χ0n) is 8.68. The average molecular weight is 181 g/mol. The fourth-order valence-electron chi connectivity index (χ4n) is 1.77. The first kappa shape index (κ1) is 10.3. The second-order valence-corrected chi connectivity index (χ2v) is 3.59. The predicted octanol–water partition coefficient (Wildman–Crippen LogP) is 2.36. The van der Waals surface area contributed by atoms with E-state index in [2.05, 4.69) is 18.7 Å². The summed E-state index contributed by atoms with van der Waals surface area (Å²) >= 11 is 0. The molecule has 2 heteroatoms. The summed E-state index contributed by atoms with van der Waals surface area (Å²) in [6, 6.07) is 0. The van der Waals surface area contributed by atoms with Crippen LogP contribution in [0.25, 0.3) is 0 Å². The molecular weight excluding hydrogens is 162 g/mol. The van der Waals surface area contributed by atoms with Crippen LogP contribution in [-0.2, 0) is 4.79 Å². The molecule has 0 bridgehead atoms. The standard InChI is InChI=1S/C11H19NO/c1-3-7-12(8-4-2)10-5-6-11(13)9-10/h9H,3-8H2,1-2H3. The number of carbonyl (C=O) groups excluding carboxylic acids is 1. The lowest BCUT2D eigenvalue weighted by Crippen LogP contribution is -2.23. The van der Waals surface area contributed by atoms with Gasteiger partial charge in [0.25, 0.3) is 0 Å². The van der Waals surface area contributed by atoms with E-state index in [1.54, 1.807) is 0 Å². The summed E-state index contributed by atoms with van der Waals surface area (Å²) in [5.74, 6) is 0.298. The Hall–Kier alpha value is -0.790.